The standard InChI is InChI=1S/C20H34F3N7.HI/c1-15-27-28-18(29(15)2)13-25-19(26-17-5-3-4-6-17)24-10-7-16-8-11-30(12-9-16)14-20(21,22)23;/h16-17H,3-14H2,1-2H3,(H2,24,25,26);1H. The van der Waals surface area contributed by atoms with Crippen LogP contribution >= 0.6 is 24.0 Å². The Balaban J connectivity index is 0.00000341. The molecule has 1 aliphatic carbocycles. The first-order valence-corrected chi connectivity index (χ1v) is 11.0. The highest BCUT2D eigenvalue weighted by Gasteiger charge is 2.32. The minimum absolute atomic E-state index is 0. The van der Waals surface area contributed by atoms with Gasteiger partial charge in [0.2, 0.25) is 0 Å². The van der Waals surface area contributed by atoms with E-state index in [2.05, 4.69) is 20.8 Å². The molecule has 7 nitrogen and oxygen atoms in total. The zero-order valence-corrected chi connectivity index (χ0v) is 20.7. The molecule has 11 heteroatoms. The number of nitrogens with one attached hydrogen (secondary N) is 2. The molecule has 0 unspecified atom stereocenters. The van der Waals surface area contributed by atoms with Gasteiger partial charge in [-0.25, -0.2) is 4.99 Å². The summed E-state index contributed by atoms with van der Waals surface area (Å²) in [6.45, 7) is 3.39. The van der Waals surface area contributed by atoms with Crippen molar-refractivity contribution in [2.75, 3.05) is 26.2 Å². The number of alkyl halides is 3. The summed E-state index contributed by atoms with van der Waals surface area (Å²) >= 11 is 0. The Bertz CT molecular complexity index is 693. The Kier molecular flexibility index (Phi) is 10.3. The lowest BCUT2D eigenvalue weighted by Crippen LogP contribution is -2.44. The van der Waals surface area contributed by atoms with Crippen molar-refractivity contribution in [2.45, 2.75) is 70.6 Å². The van der Waals surface area contributed by atoms with Crippen molar-refractivity contribution in [3.05, 3.63) is 11.6 Å². The number of guanidine groups is 1. The van der Waals surface area contributed by atoms with E-state index >= 15 is 0 Å². The molecular formula is C20H35F3IN7. The van der Waals surface area contributed by atoms with E-state index in [0.29, 0.717) is 31.6 Å². The average molecular weight is 557 g/mol. The van der Waals surface area contributed by atoms with Gasteiger partial charge in [-0.1, -0.05) is 12.8 Å². The van der Waals surface area contributed by atoms with Gasteiger partial charge in [-0.3, -0.25) is 4.90 Å². The number of rotatable bonds is 7. The maximum Gasteiger partial charge on any atom is 0.401 e. The summed E-state index contributed by atoms with van der Waals surface area (Å²) in [4.78, 5) is 6.22. The van der Waals surface area contributed by atoms with Crippen LogP contribution in [0.5, 0.6) is 0 Å². The number of hydrogen-bond donors (Lipinski definition) is 2. The van der Waals surface area contributed by atoms with Gasteiger partial charge in [-0.15, -0.1) is 34.2 Å². The Morgan fingerprint density at radius 3 is 2.39 bits per heavy atom. The van der Waals surface area contributed by atoms with E-state index in [-0.39, 0.29) is 24.0 Å². The van der Waals surface area contributed by atoms with Crippen molar-refractivity contribution in [1.82, 2.24) is 30.3 Å². The third-order valence-electron chi connectivity index (χ3n) is 6.21. The van der Waals surface area contributed by atoms with Crippen molar-refractivity contribution in [1.29, 1.82) is 0 Å². The van der Waals surface area contributed by atoms with E-state index in [1.54, 1.807) is 0 Å². The molecule has 2 heterocycles. The molecule has 1 aliphatic heterocycles. The molecule has 0 spiro atoms. The summed E-state index contributed by atoms with van der Waals surface area (Å²) in [6.07, 6.45) is 3.26. The summed E-state index contributed by atoms with van der Waals surface area (Å²) in [5.74, 6) is 2.92. The zero-order valence-electron chi connectivity index (χ0n) is 18.4. The lowest BCUT2D eigenvalue weighted by molar-refractivity contribution is -0.148. The number of nitrogens with zero attached hydrogens (tertiary/aromatic N) is 5. The van der Waals surface area contributed by atoms with Crippen LogP contribution in [0.4, 0.5) is 13.2 Å². The number of halogens is 4. The molecule has 1 saturated carbocycles. The van der Waals surface area contributed by atoms with Gasteiger partial charge < -0.3 is 15.2 Å². The molecule has 0 aromatic carbocycles. The maximum atomic E-state index is 12.5. The quantitative estimate of drug-likeness (QED) is 0.306. The summed E-state index contributed by atoms with van der Waals surface area (Å²) in [5, 5.41) is 15.2. The topological polar surface area (TPSA) is 70.4 Å². The Morgan fingerprint density at radius 1 is 1.13 bits per heavy atom. The van der Waals surface area contributed by atoms with Crippen molar-refractivity contribution in [3.63, 3.8) is 0 Å². The van der Waals surface area contributed by atoms with Gasteiger partial charge in [0, 0.05) is 19.6 Å². The van der Waals surface area contributed by atoms with Crippen molar-refractivity contribution in [3.8, 4) is 0 Å². The molecule has 2 fully saturated rings. The van der Waals surface area contributed by atoms with E-state index in [0.717, 1.165) is 56.3 Å². The highest BCUT2D eigenvalue weighted by atomic mass is 127. The van der Waals surface area contributed by atoms with Gasteiger partial charge in [0.15, 0.2) is 11.8 Å². The second-order valence-corrected chi connectivity index (χ2v) is 8.56. The highest BCUT2D eigenvalue weighted by Crippen LogP contribution is 2.24. The van der Waals surface area contributed by atoms with Crippen LogP contribution in [0.1, 0.15) is 56.6 Å². The lowest BCUT2D eigenvalue weighted by atomic mass is 9.93. The number of likely N-dealkylation sites (tertiary alicyclic amines) is 1. The molecule has 0 amide bonds. The SMILES string of the molecule is Cc1nnc(CN=C(NCCC2CCN(CC(F)(F)F)CC2)NC2CCCC2)n1C.I. The molecule has 31 heavy (non-hydrogen) atoms. The predicted octanol–water partition coefficient (Wildman–Crippen LogP) is 3.38. The molecule has 2 N–H and O–H groups in total. The van der Waals surface area contributed by atoms with Gasteiger partial charge >= 0.3 is 6.18 Å². The lowest BCUT2D eigenvalue weighted by Gasteiger charge is -2.32. The van der Waals surface area contributed by atoms with Crippen LogP contribution < -0.4 is 10.6 Å². The third kappa shape index (κ3) is 8.74. The summed E-state index contributed by atoms with van der Waals surface area (Å²) in [6, 6.07) is 0.447. The molecule has 0 atom stereocenters. The molecule has 0 bridgehead atoms. The summed E-state index contributed by atoms with van der Waals surface area (Å²) in [7, 11) is 1.93. The number of aryl methyl sites for hydroxylation is 1. The fourth-order valence-electron chi connectivity index (χ4n) is 4.24. The fraction of sp³-hybridized carbons (Fsp3) is 0.850. The van der Waals surface area contributed by atoms with Crippen LogP contribution in [0.2, 0.25) is 0 Å². The molecule has 2 aliphatic rings. The van der Waals surface area contributed by atoms with Gasteiger partial charge in [0.1, 0.15) is 12.4 Å². The molecule has 3 rings (SSSR count). The molecule has 0 radical (unpaired) electrons. The van der Waals surface area contributed by atoms with Crippen LogP contribution in [-0.2, 0) is 13.6 Å². The van der Waals surface area contributed by atoms with Gasteiger partial charge in [0.05, 0.1) is 6.54 Å². The third-order valence-corrected chi connectivity index (χ3v) is 6.21. The average Bonchev–Trinajstić information content (AvgIpc) is 3.31. The van der Waals surface area contributed by atoms with Gasteiger partial charge in [-0.05, 0) is 58.0 Å². The van der Waals surface area contributed by atoms with E-state index in [9.17, 15) is 13.2 Å². The molecule has 178 valence electrons. The first-order valence-electron chi connectivity index (χ1n) is 11.0. The molecule has 1 aromatic rings. The predicted molar refractivity (Wildman–Crippen MR) is 126 cm³/mol. The summed E-state index contributed by atoms with van der Waals surface area (Å²) in [5.41, 5.74) is 0. The fourth-order valence-corrected chi connectivity index (χ4v) is 4.24. The minimum Gasteiger partial charge on any atom is -0.356 e. The Labute approximate surface area is 199 Å². The van der Waals surface area contributed by atoms with E-state index in [4.69, 9.17) is 4.99 Å². The smallest absolute Gasteiger partial charge is 0.356 e. The monoisotopic (exact) mass is 557 g/mol. The number of hydrogen-bond acceptors (Lipinski definition) is 4. The van der Waals surface area contributed by atoms with Crippen LogP contribution in [0.15, 0.2) is 4.99 Å². The maximum absolute atomic E-state index is 12.5. The van der Waals surface area contributed by atoms with Crippen molar-refractivity contribution < 1.29 is 13.2 Å². The second-order valence-electron chi connectivity index (χ2n) is 8.56. The minimum atomic E-state index is -4.10. The van der Waals surface area contributed by atoms with E-state index in [1.165, 1.54) is 17.7 Å². The van der Waals surface area contributed by atoms with Crippen LogP contribution in [0.3, 0.4) is 0 Å². The Morgan fingerprint density at radius 2 is 1.81 bits per heavy atom. The van der Waals surface area contributed by atoms with E-state index < -0.39 is 12.7 Å². The second kappa shape index (κ2) is 12.2. The molecule has 1 aromatic heterocycles. The van der Waals surface area contributed by atoms with Crippen LogP contribution in [0.25, 0.3) is 0 Å². The summed E-state index contributed by atoms with van der Waals surface area (Å²) < 4.78 is 39.5. The van der Waals surface area contributed by atoms with Gasteiger partial charge in [-0.2, -0.15) is 13.2 Å². The van der Waals surface area contributed by atoms with Crippen molar-refractivity contribution in [2.24, 2.45) is 18.0 Å². The molecular weight excluding hydrogens is 522 g/mol. The largest absolute Gasteiger partial charge is 0.401 e. The number of aromatic nitrogens is 3. The number of aliphatic imine (C=N–C) groups is 1. The van der Waals surface area contributed by atoms with Crippen molar-refractivity contribution >= 4 is 29.9 Å². The Hall–Kier alpha value is -1.11. The first-order chi connectivity index (χ1) is 14.3. The van der Waals surface area contributed by atoms with Crippen LogP contribution in [0, 0.1) is 12.8 Å². The first kappa shape index (κ1) is 26.1. The zero-order chi connectivity index (χ0) is 21.6. The number of piperidine rings is 1. The van der Waals surface area contributed by atoms with Gasteiger partial charge in [0.25, 0.3) is 0 Å². The highest BCUT2D eigenvalue weighted by molar-refractivity contribution is 14.0. The normalized spacial score (nSPS) is 19.5. The van der Waals surface area contributed by atoms with Crippen LogP contribution in [-0.4, -0.2) is 64.0 Å². The van der Waals surface area contributed by atoms with E-state index in [1.807, 2.05) is 18.5 Å². The molecule has 1 saturated heterocycles.